The number of hydrogen-bond donors (Lipinski definition) is 3. The van der Waals surface area contributed by atoms with Crippen LogP contribution in [0.15, 0.2) is 0 Å². The highest BCUT2D eigenvalue weighted by Gasteiger charge is 2.12. The predicted molar refractivity (Wildman–Crippen MR) is 77.7 cm³/mol. The first-order valence-corrected chi connectivity index (χ1v) is 7.12. The van der Waals surface area contributed by atoms with Gasteiger partial charge in [-0.15, -0.1) is 0 Å². The molecule has 0 saturated heterocycles. The zero-order valence-electron chi connectivity index (χ0n) is 12.9. The van der Waals surface area contributed by atoms with E-state index >= 15 is 0 Å². The summed E-state index contributed by atoms with van der Waals surface area (Å²) in [7, 11) is 1.64. The third-order valence-corrected chi connectivity index (χ3v) is 3.14. The molecule has 6 heteroatoms. The van der Waals surface area contributed by atoms with Crippen LogP contribution in [0.2, 0.25) is 0 Å². The first-order chi connectivity index (χ1) is 9.36. The Bertz CT molecular complexity index is 297. The molecule has 0 heterocycles. The molecule has 0 aromatic rings. The molecular weight excluding hydrogens is 260 g/mol. The number of amides is 2. The number of carbonyl (C=O) groups excluding carboxylic acids is 1. The van der Waals surface area contributed by atoms with Gasteiger partial charge in [0.25, 0.3) is 0 Å². The maximum atomic E-state index is 11.6. The van der Waals surface area contributed by atoms with Gasteiger partial charge in [-0.2, -0.15) is 0 Å². The molecule has 0 rings (SSSR count). The van der Waals surface area contributed by atoms with Crippen LogP contribution in [0.1, 0.15) is 40.0 Å². The summed E-state index contributed by atoms with van der Waals surface area (Å²) in [6, 6.07) is -0.152. The molecule has 0 radical (unpaired) electrons. The topological polar surface area (TPSA) is 87.7 Å². The van der Waals surface area contributed by atoms with E-state index < -0.39 is 5.97 Å². The summed E-state index contributed by atoms with van der Waals surface area (Å²) in [6.07, 6.45) is 2.20. The van der Waals surface area contributed by atoms with E-state index in [0.29, 0.717) is 19.6 Å². The second-order valence-electron chi connectivity index (χ2n) is 5.49. The Labute approximate surface area is 121 Å². The van der Waals surface area contributed by atoms with E-state index in [4.69, 9.17) is 9.84 Å². The number of ether oxygens (including phenoxy) is 1. The van der Waals surface area contributed by atoms with Gasteiger partial charge in [0.1, 0.15) is 0 Å². The van der Waals surface area contributed by atoms with Gasteiger partial charge in [0, 0.05) is 19.7 Å². The highest BCUT2D eigenvalue weighted by molar-refractivity contribution is 5.74. The molecule has 0 fully saturated rings. The first-order valence-electron chi connectivity index (χ1n) is 7.12. The molecule has 3 unspecified atom stereocenters. The zero-order valence-corrected chi connectivity index (χ0v) is 12.9. The van der Waals surface area contributed by atoms with Gasteiger partial charge >= 0.3 is 12.0 Å². The lowest BCUT2D eigenvalue weighted by atomic mass is 10.0. The fourth-order valence-electron chi connectivity index (χ4n) is 1.81. The number of nitrogens with one attached hydrogen (secondary N) is 2. The Hall–Kier alpha value is -1.30. The van der Waals surface area contributed by atoms with Crippen molar-refractivity contribution in [3.8, 4) is 0 Å². The van der Waals surface area contributed by atoms with Gasteiger partial charge < -0.3 is 20.5 Å². The molecule has 20 heavy (non-hydrogen) atoms. The van der Waals surface area contributed by atoms with Crippen molar-refractivity contribution in [2.45, 2.75) is 46.1 Å². The van der Waals surface area contributed by atoms with E-state index in [1.165, 1.54) is 0 Å². The average molecular weight is 288 g/mol. The predicted octanol–water partition coefficient (Wildman–Crippen LogP) is 1.85. The minimum Gasteiger partial charge on any atom is -0.481 e. The van der Waals surface area contributed by atoms with Gasteiger partial charge in [-0.05, 0) is 25.7 Å². The number of methoxy groups -OCH3 is 1. The summed E-state index contributed by atoms with van der Waals surface area (Å²) in [5.41, 5.74) is 0. The maximum Gasteiger partial charge on any atom is 0.315 e. The highest BCUT2D eigenvalue weighted by Crippen LogP contribution is 2.09. The fourth-order valence-corrected chi connectivity index (χ4v) is 1.81. The lowest BCUT2D eigenvalue weighted by Gasteiger charge is -2.17. The number of carboxylic acids is 1. The van der Waals surface area contributed by atoms with Crippen LogP contribution in [0.4, 0.5) is 4.79 Å². The van der Waals surface area contributed by atoms with Crippen molar-refractivity contribution in [3.05, 3.63) is 0 Å². The van der Waals surface area contributed by atoms with E-state index in [1.807, 2.05) is 13.8 Å². The normalized spacial score (nSPS) is 15.2. The summed E-state index contributed by atoms with van der Waals surface area (Å²) < 4.78 is 4.99. The second kappa shape index (κ2) is 10.5. The molecule has 6 nitrogen and oxygen atoms in total. The smallest absolute Gasteiger partial charge is 0.315 e. The minimum absolute atomic E-state index is 0.0359. The Balaban J connectivity index is 3.72. The molecule has 0 spiro atoms. The first kappa shape index (κ1) is 18.7. The highest BCUT2D eigenvalue weighted by atomic mass is 16.5. The molecule has 0 aliphatic carbocycles. The molecule has 0 aliphatic heterocycles. The second-order valence-corrected chi connectivity index (χ2v) is 5.49. The number of urea groups is 1. The summed E-state index contributed by atoms with van der Waals surface area (Å²) in [5, 5.41) is 14.4. The van der Waals surface area contributed by atoms with Crippen molar-refractivity contribution in [3.63, 3.8) is 0 Å². The van der Waals surface area contributed by atoms with Gasteiger partial charge in [-0.25, -0.2) is 4.79 Å². The molecular formula is C14H28N2O4. The largest absolute Gasteiger partial charge is 0.481 e. The van der Waals surface area contributed by atoms with Crippen LogP contribution in [-0.2, 0) is 9.53 Å². The summed E-state index contributed by atoms with van der Waals surface area (Å²) in [4.78, 5) is 22.3. The quantitative estimate of drug-likeness (QED) is 0.572. The number of aliphatic carboxylic acids is 1. The number of carboxylic acid groups (broad SMARTS) is 1. The number of hydrogen-bond acceptors (Lipinski definition) is 3. The van der Waals surface area contributed by atoms with Gasteiger partial charge in [0.15, 0.2) is 0 Å². The van der Waals surface area contributed by atoms with Crippen LogP contribution in [0.25, 0.3) is 0 Å². The molecule has 0 bridgehead atoms. The lowest BCUT2D eigenvalue weighted by molar-refractivity contribution is -0.141. The summed E-state index contributed by atoms with van der Waals surface area (Å²) >= 11 is 0. The van der Waals surface area contributed by atoms with Gasteiger partial charge in [0.05, 0.1) is 12.5 Å². The van der Waals surface area contributed by atoms with E-state index in [1.54, 1.807) is 14.0 Å². The van der Waals surface area contributed by atoms with Crippen molar-refractivity contribution in [2.24, 2.45) is 11.8 Å². The molecule has 3 N–H and O–H groups in total. The molecule has 0 aliphatic rings. The molecule has 0 aromatic heterocycles. The fraction of sp³-hybridized carbons (Fsp3) is 0.857. The van der Waals surface area contributed by atoms with Crippen molar-refractivity contribution in [1.82, 2.24) is 10.6 Å². The molecule has 118 valence electrons. The number of carbonyl (C=O) groups is 2. The Morgan fingerprint density at radius 3 is 2.40 bits per heavy atom. The van der Waals surface area contributed by atoms with Crippen molar-refractivity contribution < 1.29 is 19.4 Å². The average Bonchev–Trinajstić information content (AvgIpc) is 2.36. The van der Waals surface area contributed by atoms with Crippen LogP contribution in [-0.4, -0.2) is 43.4 Å². The van der Waals surface area contributed by atoms with Crippen LogP contribution < -0.4 is 10.6 Å². The monoisotopic (exact) mass is 288 g/mol. The zero-order chi connectivity index (χ0) is 15.5. The van der Waals surface area contributed by atoms with E-state index in [2.05, 4.69) is 10.6 Å². The Morgan fingerprint density at radius 1 is 1.20 bits per heavy atom. The molecule has 0 saturated carbocycles. The van der Waals surface area contributed by atoms with E-state index in [0.717, 1.165) is 12.8 Å². The maximum absolute atomic E-state index is 11.6. The Morgan fingerprint density at radius 2 is 1.85 bits per heavy atom. The molecule has 0 aromatic carbocycles. The molecule has 3 atom stereocenters. The van der Waals surface area contributed by atoms with Crippen molar-refractivity contribution in [1.29, 1.82) is 0 Å². The molecule has 2 amide bonds. The van der Waals surface area contributed by atoms with Crippen molar-refractivity contribution >= 4 is 12.0 Å². The van der Waals surface area contributed by atoms with Gasteiger partial charge in [-0.3, -0.25) is 4.79 Å². The van der Waals surface area contributed by atoms with E-state index in [9.17, 15) is 9.59 Å². The van der Waals surface area contributed by atoms with Gasteiger partial charge in [-0.1, -0.05) is 20.3 Å². The van der Waals surface area contributed by atoms with Crippen LogP contribution in [0.5, 0.6) is 0 Å². The van der Waals surface area contributed by atoms with Gasteiger partial charge in [0.2, 0.25) is 0 Å². The van der Waals surface area contributed by atoms with Crippen molar-refractivity contribution in [2.75, 3.05) is 20.3 Å². The van der Waals surface area contributed by atoms with Crippen LogP contribution >= 0.6 is 0 Å². The van der Waals surface area contributed by atoms with E-state index in [-0.39, 0.29) is 23.9 Å². The van der Waals surface area contributed by atoms with Crippen LogP contribution in [0, 0.1) is 11.8 Å². The summed E-state index contributed by atoms with van der Waals surface area (Å²) in [6.45, 7) is 6.81. The third kappa shape index (κ3) is 9.61. The SMILES string of the molecule is COCC(C)CNC(=O)NC(C)CCCC(C)C(=O)O. The number of rotatable bonds is 10. The third-order valence-electron chi connectivity index (χ3n) is 3.14. The summed E-state index contributed by atoms with van der Waals surface area (Å²) in [5.74, 6) is -0.820. The Kier molecular flexibility index (Phi) is 9.80. The minimum atomic E-state index is -0.768. The lowest BCUT2D eigenvalue weighted by Crippen LogP contribution is -2.42. The van der Waals surface area contributed by atoms with Crippen LogP contribution in [0.3, 0.4) is 0 Å². The standard InChI is InChI=1S/C14H28N2O4/c1-10(9-20-4)8-15-14(19)16-12(3)7-5-6-11(2)13(17)18/h10-12H,5-9H2,1-4H3,(H,17,18)(H2,15,16,19).